The number of aliphatic hydroxyl groups excluding tert-OH is 1. The molecule has 2 amide bonds. The fourth-order valence-electron chi connectivity index (χ4n) is 1.59. The fraction of sp³-hybridized carbons (Fsp3) is 0.500. The Morgan fingerprint density at radius 2 is 1.76 bits per heavy atom. The summed E-state index contributed by atoms with van der Waals surface area (Å²) >= 11 is 0. The number of hydrogen-bond acceptors (Lipinski definition) is 3. The summed E-state index contributed by atoms with van der Waals surface area (Å²) in [5, 5.41) is 15.1. The molecule has 1 rings (SSSR count). The van der Waals surface area contributed by atoms with Gasteiger partial charge in [0.05, 0.1) is 6.10 Å². The number of amides is 2. The Hall–Kier alpha value is -1.88. The van der Waals surface area contributed by atoms with E-state index in [0.29, 0.717) is 5.56 Å². The van der Waals surface area contributed by atoms with Gasteiger partial charge in [-0.1, -0.05) is 39.0 Å². The highest BCUT2D eigenvalue weighted by Crippen LogP contribution is 2.18. The van der Waals surface area contributed by atoms with Crippen LogP contribution in [0.25, 0.3) is 0 Å². The number of aliphatic hydroxyl groups is 1. The molecule has 2 unspecified atom stereocenters. The Labute approximate surface area is 125 Å². The highest BCUT2D eigenvalue weighted by atomic mass is 16.3. The molecule has 0 aliphatic heterocycles. The molecule has 0 aliphatic rings. The molecular weight excluding hydrogens is 268 g/mol. The molecule has 21 heavy (non-hydrogen) atoms. The van der Waals surface area contributed by atoms with E-state index < -0.39 is 12.1 Å². The summed E-state index contributed by atoms with van der Waals surface area (Å²) < 4.78 is 0. The van der Waals surface area contributed by atoms with Gasteiger partial charge in [-0.2, -0.15) is 0 Å². The summed E-state index contributed by atoms with van der Waals surface area (Å²) in [6.07, 6.45) is -0.640. The van der Waals surface area contributed by atoms with Crippen molar-refractivity contribution in [3.05, 3.63) is 35.9 Å². The molecule has 1 aromatic carbocycles. The first kappa shape index (κ1) is 17.2. The molecule has 0 fully saturated rings. The van der Waals surface area contributed by atoms with E-state index in [0.717, 1.165) is 0 Å². The Bertz CT molecular complexity index is 480. The molecule has 0 bridgehead atoms. The zero-order valence-electron chi connectivity index (χ0n) is 13.0. The molecular formula is C16H24N2O3. The second-order valence-electron chi connectivity index (χ2n) is 6.19. The van der Waals surface area contributed by atoms with E-state index in [2.05, 4.69) is 10.6 Å². The minimum Gasteiger partial charge on any atom is -0.391 e. The van der Waals surface area contributed by atoms with Gasteiger partial charge in [0.2, 0.25) is 5.91 Å². The fourth-order valence-corrected chi connectivity index (χ4v) is 1.59. The van der Waals surface area contributed by atoms with E-state index in [9.17, 15) is 14.7 Å². The zero-order chi connectivity index (χ0) is 16.0. The van der Waals surface area contributed by atoms with E-state index in [4.69, 9.17) is 0 Å². The Morgan fingerprint density at radius 1 is 1.19 bits per heavy atom. The third kappa shape index (κ3) is 5.55. The van der Waals surface area contributed by atoms with Gasteiger partial charge in [0.1, 0.15) is 6.04 Å². The van der Waals surface area contributed by atoms with Crippen molar-refractivity contribution in [2.45, 2.75) is 39.8 Å². The lowest BCUT2D eigenvalue weighted by atomic mass is 9.89. The lowest BCUT2D eigenvalue weighted by molar-refractivity contribution is -0.123. The number of carbonyl (C=O) groups is 2. The number of rotatable bonds is 5. The van der Waals surface area contributed by atoms with Gasteiger partial charge in [0.25, 0.3) is 5.91 Å². The predicted octanol–water partition coefficient (Wildman–Crippen LogP) is 1.33. The highest BCUT2D eigenvalue weighted by molar-refractivity contribution is 5.97. The first-order valence-electron chi connectivity index (χ1n) is 7.03. The van der Waals surface area contributed by atoms with Crippen LogP contribution >= 0.6 is 0 Å². The summed E-state index contributed by atoms with van der Waals surface area (Å²) in [5.41, 5.74) is 0.205. The van der Waals surface area contributed by atoms with Gasteiger partial charge in [-0.3, -0.25) is 9.59 Å². The van der Waals surface area contributed by atoms with Crippen molar-refractivity contribution in [3.8, 4) is 0 Å². The molecule has 0 saturated carbocycles. The lowest BCUT2D eigenvalue weighted by Crippen LogP contribution is -2.48. The van der Waals surface area contributed by atoms with E-state index >= 15 is 0 Å². The smallest absolute Gasteiger partial charge is 0.251 e. The predicted molar refractivity (Wildman–Crippen MR) is 81.8 cm³/mol. The topological polar surface area (TPSA) is 78.4 Å². The van der Waals surface area contributed by atoms with Crippen LogP contribution in [0.4, 0.5) is 0 Å². The summed E-state index contributed by atoms with van der Waals surface area (Å²) in [6.45, 7) is 7.45. The molecule has 0 saturated heterocycles. The Morgan fingerprint density at radius 3 is 2.29 bits per heavy atom. The van der Waals surface area contributed by atoms with Crippen LogP contribution < -0.4 is 10.6 Å². The first-order chi connectivity index (χ1) is 9.71. The average Bonchev–Trinajstić information content (AvgIpc) is 2.44. The van der Waals surface area contributed by atoms with Crippen LogP contribution in [0, 0.1) is 5.41 Å². The number of hydrogen-bond donors (Lipinski definition) is 3. The summed E-state index contributed by atoms with van der Waals surface area (Å²) in [7, 11) is 0. The van der Waals surface area contributed by atoms with Crippen molar-refractivity contribution >= 4 is 11.8 Å². The van der Waals surface area contributed by atoms with Crippen molar-refractivity contribution < 1.29 is 14.7 Å². The van der Waals surface area contributed by atoms with Crippen LogP contribution in [0.3, 0.4) is 0 Å². The second-order valence-corrected chi connectivity index (χ2v) is 6.19. The van der Waals surface area contributed by atoms with Gasteiger partial charge in [0.15, 0.2) is 0 Å². The van der Waals surface area contributed by atoms with Crippen LogP contribution in [-0.4, -0.2) is 35.6 Å². The molecule has 0 heterocycles. The van der Waals surface area contributed by atoms with Crippen molar-refractivity contribution in [1.29, 1.82) is 0 Å². The SMILES string of the molecule is CC(NC(=O)c1ccccc1)C(=O)NCC(O)C(C)(C)C. The normalized spacial score (nSPS) is 14.1. The van der Waals surface area contributed by atoms with Gasteiger partial charge in [0, 0.05) is 12.1 Å². The molecule has 0 radical (unpaired) electrons. The minimum atomic E-state index is -0.662. The second kappa shape index (κ2) is 7.22. The van der Waals surface area contributed by atoms with Crippen molar-refractivity contribution in [2.24, 2.45) is 5.41 Å². The Balaban J connectivity index is 2.47. The van der Waals surface area contributed by atoms with Crippen LogP contribution in [0.15, 0.2) is 30.3 Å². The highest BCUT2D eigenvalue weighted by Gasteiger charge is 2.24. The van der Waals surface area contributed by atoms with Gasteiger partial charge >= 0.3 is 0 Å². The Kier molecular flexibility index (Phi) is 5.90. The van der Waals surface area contributed by atoms with E-state index in [1.54, 1.807) is 31.2 Å². The number of carbonyl (C=O) groups excluding carboxylic acids is 2. The van der Waals surface area contributed by atoms with Crippen LogP contribution in [-0.2, 0) is 4.79 Å². The van der Waals surface area contributed by atoms with E-state index in [-0.39, 0.29) is 23.8 Å². The third-order valence-electron chi connectivity index (χ3n) is 3.25. The molecule has 0 aliphatic carbocycles. The van der Waals surface area contributed by atoms with Crippen LogP contribution in [0.2, 0.25) is 0 Å². The minimum absolute atomic E-state index is 0.161. The van der Waals surface area contributed by atoms with E-state index in [1.165, 1.54) is 0 Å². The van der Waals surface area contributed by atoms with Gasteiger partial charge in [-0.05, 0) is 24.5 Å². The maximum absolute atomic E-state index is 11.9. The largest absolute Gasteiger partial charge is 0.391 e. The summed E-state index contributed by atoms with van der Waals surface area (Å²) in [4.78, 5) is 23.8. The molecule has 0 aromatic heterocycles. The van der Waals surface area contributed by atoms with Crippen molar-refractivity contribution in [3.63, 3.8) is 0 Å². The molecule has 2 atom stereocenters. The number of benzene rings is 1. The molecule has 5 heteroatoms. The van der Waals surface area contributed by atoms with Crippen LogP contribution in [0.1, 0.15) is 38.1 Å². The third-order valence-corrected chi connectivity index (χ3v) is 3.25. The summed E-state index contributed by atoms with van der Waals surface area (Å²) in [5.74, 6) is -0.614. The monoisotopic (exact) mass is 292 g/mol. The first-order valence-corrected chi connectivity index (χ1v) is 7.03. The van der Waals surface area contributed by atoms with Gasteiger partial charge < -0.3 is 15.7 Å². The van der Waals surface area contributed by atoms with E-state index in [1.807, 2.05) is 26.8 Å². The molecule has 0 spiro atoms. The maximum Gasteiger partial charge on any atom is 0.251 e. The molecule has 5 nitrogen and oxygen atoms in total. The molecule has 3 N–H and O–H groups in total. The average molecular weight is 292 g/mol. The standard InChI is InChI=1S/C16H24N2O3/c1-11(14(20)17-10-13(19)16(2,3)4)18-15(21)12-8-6-5-7-9-12/h5-9,11,13,19H,10H2,1-4H3,(H,17,20)(H,18,21). The maximum atomic E-state index is 11.9. The van der Waals surface area contributed by atoms with Gasteiger partial charge in [-0.15, -0.1) is 0 Å². The van der Waals surface area contributed by atoms with Gasteiger partial charge in [-0.25, -0.2) is 0 Å². The number of nitrogens with one attached hydrogen (secondary N) is 2. The van der Waals surface area contributed by atoms with Crippen molar-refractivity contribution in [1.82, 2.24) is 10.6 Å². The van der Waals surface area contributed by atoms with Crippen LogP contribution in [0.5, 0.6) is 0 Å². The summed E-state index contributed by atoms with van der Waals surface area (Å²) in [6, 6.07) is 8.05. The molecule has 1 aromatic rings. The lowest BCUT2D eigenvalue weighted by Gasteiger charge is -2.26. The quantitative estimate of drug-likeness (QED) is 0.766. The molecule has 116 valence electrons. The zero-order valence-corrected chi connectivity index (χ0v) is 13.0. The van der Waals surface area contributed by atoms with Crippen molar-refractivity contribution in [2.75, 3.05) is 6.54 Å².